The molecule has 2 aliphatic rings. The summed E-state index contributed by atoms with van der Waals surface area (Å²) in [5.74, 6) is 2.68. The van der Waals surface area contributed by atoms with Gasteiger partial charge in [-0.2, -0.15) is 0 Å². The number of nitrogens with one attached hydrogen (secondary N) is 2. The average molecular weight is 363 g/mol. The largest absolute Gasteiger partial charge is 0.497 e. The lowest BCUT2D eigenvalue weighted by Gasteiger charge is -2.07. The Kier molecular flexibility index (Phi) is 5.44. The Morgan fingerprint density at radius 2 is 1.71 bits per heavy atom. The molecule has 2 aromatic carbocycles. The molecule has 126 valence electrons. The van der Waals surface area contributed by atoms with Crippen LogP contribution in [0.4, 0.5) is 0 Å². The third kappa shape index (κ3) is 3.75. The standard InChI is InChI=1S/C12H12Cl2N2.C7H8O/c13-9-2-1-6(3-10(9)14)12(15)11-7-4-16-5-8(7)11;1-8-7-5-3-2-4-6-7/h1-3,7-8,11,15-16H,4-5H2;2-6H,1H3. The number of benzene rings is 2. The van der Waals surface area contributed by atoms with Crippen molar-refractivity contribution in [1.82, 2.24) is 5.32 Å². The van der Waals surface area contributed by atoms with E-state index in [0.29, 0.717) is 27.8 Å². The molecule has 4 rings (SSSR count). The van der Waals surface area contributed by atoms with Crippen molar-refractivity contribution in [2.45, 2.75) is 0 Å². The summed E-state index contributed by atoms with van der Waals surface area (Å²) < 4.78 is 4.91. The number of ether oxygens (including phenoxy) is 1. The van der Waals surface area contributed by atoms with E-state index >= 15 is 0 Å². The summed E-state index contributed by atoms with van der Waals surface area (Å²) >= 11 is 11.8. The van der Waals surface area contributed by atoms with Crippen LogP contribution >= 0.6 is 23.2 Å². The maximum Gasteiger partial charge on any atom is 0.118 e. The van der Waals surface area contributed by atoms with Crippen molar-refractivity contribution in [3.63, 3.8) is 0 Å². The quantitative estimate of drug-likeness (QED) is 0.788. The third-order valence-electron chi connectivity index (χ3n) is 4.63. The molecule has 0 spiro atoms. The van der Waals surface area contributed by atoms with Crippen LogP contribution in [0.15, 0.2) is 48.5 Å². The van der Waals surface area contributed by atoms with Crippen molar-refractivity contribution in [3.05, 3.63) is 64.1 Å². The molecule has 24 heavy (non-hydrogen) atoms. The molecule has 2 aromatic rings. The maximum atomic E-state index is 8.18. The van der Waals surface area contributed by atoms with Crippen molar-refractivity contribution < 1.29 is 4.74 Å². The Morgan fingerprint density at radius 1 is 1.04 bits per heavy atom. The summed E-state index contributed by atoms with van der Waals surface area (Å²) in [7, 11) is 1.66. The van der Waals surface area contributed by atoms with E-state index in [2.05, 4.69) is 5.32 Å². The zero-order chi connectivity index (χ0) is 17.1. The van der Waals surface area contributed by atoms with Crippen molar-refractivity contribution in [2.24, 2.45) is 17.8 Å². The molecule has 1 heterocycles. The number of rotatable bonds is 3. The summed E-state index contributed by atoms with van der Waals surface area (Å²) in [5.41, 5.74) is 1.63. The highest BCUT2D eigenvalue weighted by molar-refractivity contribution is 6.42. The molecule has 1 aliphatic heterocycles. The average Bonchev–Trinajstić information content (AvgIpc) is 3.09. The van der Waals surface area contributed by atoms with Crippen LogP contribution in [0.2, 0.25) is 10.0 Å². The van der Waals surface area contributed by atoms with Gasteiger partial charge in [-0.15, -0.1) is 0 Å². The van der Waals surface area contributed by atoms with Crippen LogP contribution < -0.4 is 10.1 Å². The number of methoxy groups -OCH3 is 1. The zero-order valence-electron chi connectivity index (χ0n) is 13.4. The highest BCUT2D eigenvalue weighted by Gasteiger charge is 2.54. The van der Waals surface area contributed by atoms with E-state index < -0.39 is 0 Å². The SMILES string of the molecule is COc1ccccc1.N=C(c1ccc(Cl)c(Cl)c1)C1C2CNCC21. The van der Waals surface area contributed by atoms with Crippen LogP contribution in [0, 0.1) is 23.2 Å². The lowest BCUT2D eigenvalue weighted by Crippen LogP contribution is -2.19. The summed E-state index contributed by atoms with van der Waals surface area (Å²) in [6.45, 7) is 2.11. The Bertz CT molecular complexity index is 711. The molecule has 2 fully saturated rings. The Hall–Kier alpha value is -1.55. The van der Waals surface area contributed by atoms with E-state index in [1.54, 1.807) is 19.2 Å². The monoisotopic (exact) mass is 362 g/mol. The zero-order valence-corrected chi connectivity index (χ0v) is 14.9. The normalized spacial score (nSPS) is 23.7. The Labute approximate surface area is 152 Å². The molecule has 2 unspecified atom stereocenters. The van der Waals surface area contributed by atoms with E-state index in [-0.39, 0.29) is 0 Å². The van der Waals surface area contributed by atoms with E-state index in [0.717, 1.165) is 30.1 Å². The molecule has 0 amide bonds. The van der Waals surface area contributed by atoms with Crippen molar-refractivity contribution >= 4 is 28.9 Å². The first-order valence-electron chi connectivity index (χ1n) is 7.95. The van der Waals surface area contributed by atoms with Crippen LogP contribution in [0.5, 0.6) is 5.75 Å². The van der Waals surface area contributed by atoms with Gasteiger partial charge in [-0.05, 0) is 54.8 Å². The van der Waals surface area contributed by atoms with Crippen LogP contribution in [0.25, 0.3) is 0 Å². The van der Waals surface area contributed by atoms with Gasteiger partial charge in [0.2, 0.25) is 0 Å². The molecule has 1 saturated carbocycles. The number of piperidine rings is 1. The Balaban J connectivity index is 0.000000179. The fourth-order valence-corrected chi connectivity index (χ4v) is 3.56. The predicted molar refractivity (Wildman–Crippen MR) is 99.6 cm³/mol. The van der Waals surface area contributed by atoms with Gasteiger partial charge < -0.3 is 15.5 Å². The second-order valence-corrected chi connectivity index (χ2v) is 6.89. The van der Waals surface area contributed by atoms with E-state index in [1.807, 2.05) is 36.4 Å². The molecule has 0 bridgehead atoms. The molecule has 1 aliphatic carbocycles. The minimum absolute atomic E-state index is 0.429. The number of hydrogen-bond acceptors (Lipinski definition) is 3. The maximum absolute atomic E-state index is 8.18. The topological polar surface area (TPSA) is 45.1 Å². The molecule has 2 atom stereocenters. The molecule has 5 heteroatoms. The first kappa shape index (κ1) is 17.3. The Morgan fingerprint density at radius 3 is 2.25 bits per heavy atom. The minimum atomic E-state index is 0.429. The summed E-state index contributed by atoms with van der Waals surface area (Å²) in [6.07, 6.45) is 0. The van der Waals surface area contributed by atoms with Gasteiger partial charge in [-0.1, -0.05) is 47.5 Å². The summed E-state index contributed by atoms with van der Waals surface area (Å²) in [4.78, 5) is 0. The van der Waals surface area contributed by atoms with Crippen LogP contribution in [0.3, 0.4) is 0 Å². The molecule has 0 radical (unpaired) electrons. The summed E-state index contributed by atoms with van der Waals surface area (Å²) in [6, 6.07) is 15.1. The van der Waals surface area contributed by atoms with E-state index in [1.165, 1.54) is 0 Å². The fraction of sp³-hybridized carbons (Fsp3) is 0.316. The van der Waals surface area contributed by atoms with Crippen LogP contribution in [-0.4, -0.2) is 25.9 Å². The van der Waals surface area contributed by atoms with Crippen LogP contribution in [-0.2, 0) is 0 Å². The van der Waals surface area contributed by atoms with Crippen molar-refractivity contribution in [3.8, 4) is 5.75 Å². The molecular weight excluding hydrogens is 343 g/mol. The first-order chi connectivity index (χ1) is 11.6. The molecule has 3 nitrogen and oxygen atoms in total. The van der Waals surface area contributed by atoms with Crippen molar-refractivity contribution in [1.29, 1.82) is 5.41 Å². The smallest absolute Gasteiger partial charge is 0.118 e. The van der Waals surface area contributed by atoms with E-state index in [4.69, 9.17) is 33.3 Å². The van der Waals surface area contributed by atoms with Gasteiger partial charge in [0, 0.05) is 11.6 Å². The van der Waals surface area contributed by atoms with Crippen LogP contribution in [0.1, 0.15) is 5.56 Å². The third-order valence-corrected chi connectivity index (χ3v) is 5.37. The van der Waals surface area contributed by atoms with Gasteiger partial charge in [0.15, 0.2) is 0 Å². The second kappa shape index (κ2) is 7.56. The number of para-hydroxylation sites is 1. The van der Waals surface area contributed by atoms with Gasteiger partial charge in [0.05, 0.1) is 17.2 Å². The number of halogens is 2. The second-order valence-electron chi connectivity index (χ2n) is 6.07. The van der Waals surface area contributed by atoms with Crippen molar-refractivity contribution in [2.75, 3.05) is 20.2 Å². The van der Waals surface area contributed by atoms with Gasteiger partial charge in [-0.3, -0.25) is 0 Å². The first-order valence-corrected chi connectivity index (χ1v) is 8.71. The van der Waals surface area contributed by atoms with Gasteiger partial charge in [0.1, 0.15) is 5.75 Å². The highest BCUT2D eigenvalue weighted by atomic mass is 35.5. The van der Waals surface area contributed by atoms with Gasteiger partial charge in [-0.25, -0.2) is 0 Å². The molecule has 0 aromatic heterocycles. The van der Waals surface area contributed by atoms with Gasteiger partial charge in [0.25, 0.3) is 0 Å². The number of hydrogen-bond donors (Lipinski definition) is 2. The number of fused-ring (bicyclic) bond motifs is 1. The highest BCUT2D eigenvalue weighted by Crippen LogP contribution is 2.50. The molecular formula is C19H20Cl2N2O. The minimum Gasteiger partial charge on any atom is -0.497 e. The lowest BCUT2D eigenvalue weighted by atomic mass is 10.0. The summed E-state index contributed by atoms with van der Waals surface area (Å²) in [5, 5.41) is 12.6. The molecule has 2 N–H and O–H groups in total. The predicted octanol–water partition coefficient (Wildman–Crippen LogP) is 4.52. The van der Waals surface area contributed by atoms with E-state index in [9.17, 15) is 0 Å². The lowest BCUT2D eigenvalue weighted by molar-refractivity contribution is 0.415. The fourth-order valence-electron chi connectivity index (χ4n) is 3.26. The van der Waals surface area contributed by atoms with Gasteiger partial charge >= 0.3 is 0 Å². The molecule has 1 saturated heterocycles.